The van der Waals surface area contributed by atoms with Gasteiger partial charge in [0.25, 0.3) is 0 Å². The minimum Gasteiger partial charge on any atom is -0.489 e. The first kappa shape index (κ1) is 18.7. The van der Waals surface area contributed by atoms with Gasteiger partial charge < -0.3 is 10.1 Å². The zero-order chi connectivity index (χ0) is 15.9. The average molecular weight is 362 g/mol. The summed E-state index contributed by atoms with van der Waals surface area (Å²) in [7, 11) is 0. The van der Waals surface area contributed by atoms with Gasteiger partial charge in [0.05, 0.1) is 15.8 Å². The number of nitrogens with one attached hydrogen (secondary N) is 1. The third kappa shape index (κ3) is 7.49. The number of alkyl halides is 3. The fourth-order valence-corrected chi connectivity index (χ4v) is 2.91. The van der Waals surface area contributed by atoms with Crippen molar-refractivity contribution in [2.75, 3.05) is 25.4 Å². The lowest BCUT2D eigenvalue weighted by molar-refractivity contribution is -0.105. The van der Waals surface area contributed by atoms with E-state index in [1.165, 1.54) is 12.1 Å². The maximum absolute atomic E-state index is 12.2. The third-order valence-corrected chi connectivity index (χ3v) is 3.93. The Morgan fingerprint density at radius 3 is 2.33 bits per heavy atom. The molecule has 1 aromatic rings. The molecule has 0 fully saturated rings. The molecular formula is C13H16Cl2F3NOS. The molecular weight excluding hydrogens is 346 g/mol. The second-order valence-corrected chi connectivity index (χ2v) is 6.08. The van der Waals surface area contributed by atoms with Crippen LogP contribution in [0.2, 0.25) is 10.0 Å². The van der Waals surface area contributed by atoms with Crippen LogP contribution in [0, 0.1) is 0 Å². The SMILES string of the molecule is CCCNCCOc1c(Cl)cc(SCC(F)(F)F)cc1Cl. The lowest BCUT2D eigenvalue weighted by Crippen LogP contribution is -2.21. The van der Waals surface area contributed by atoms with Crippen LogP contribution in [0.5, 0.6) is 5.75 Å². The fourth-order valence-electron chi connectivity index (χ4n) is 1.45. The van der Waals surface area contributed by atoms with E-state index in [1.54, 1.807) is 0 Å². The highest BCUT2D eigenvalue weighted by atomic mass is 35.5. The molecule has 1 aromatic carbocycles. The molecule has 0 heterocycles. The van der Waals surface area contributed by atoms with E-state index in [4.69, 9.17) is 27.9 Å². The summed E-state index contributed by atoms with van der Waals surface area (Å²) in [6, 6.07) is 2.86. The molecule has 0 aromatic heterocycles. The van der Waals surface area contributed by atoms with Crippen molar-refractivity contribution in [1.82, 2.24) is 5.32 Å². The number of halogens is 5. The summed E-state index contributed by atoms with van der Waals surface area (Å²) in [6.45, 7) is 3.97. The van der Waals surface area contributed by atoms with Gasteiger partial charge in [-0.1, -0.05) is 30.1 Å². The van der Waals surface area contributed by atoms with Crippen LogP contribution < -0.4 is 10.1 Å². The van der Waals surface area contributed by atoms with Gasteiger partial charge in [-0.25, -0.2) is 0 Å². The number of hydrogen-bond donors (Lipinski definition) is 1. The van der Waals surface area contributed by atoms with Crippen LogP contribution in [0.3, 0.4) is 0 Å². The van der Waals surface area contributed by atoms with E-state index < -0.39 is 11.9 Å². The number of thioether (sulfide) groups is 1. The summed E-state index contributed by atoms with van der Waals surface area (Å²) >= 11 is 12.6. The number of rotatable bonds is 8. The summed E-state index contributed by atoms with van der Waals surface area (Å²) in [5.74, 6) is -0.686. The number of benzene rings is 1. The predicted molar refractivity (Wildman–Crippen MR) is 81.9 cm³/mol. The molecule has 0 unspecified atom stereocenters. The van der Waals surface area contributed by atoms with Crippen LogP contribution in [-0.4, -0.2) is 31.6 Å². The van der Waals surface area contributed by atoms with Crippen molar-refractivity contribution < 1.29 is 17.9 Å². The molecule has 0 radical (unpaired) electrons. The minimum atomic E-state index is -4.23. The lowest BCUT2D eigenvalue weighted by Gasteiger charge is -2.12. The molecule has 0 bridgehead atoms. The molecule has 0 aliphatic carbocycles. The molecule has 1 N–H and O–H groups in total. The van der Waals surface area contributed by atoms with Crippen molar-refractivity contribution in [1.29, 1.82) is 0 Å². The minimum absolute atomic E-state index is 0.211. The van der Waals surface area contributed by atoms with Gasteiger partial charge >= 0.3 is 6.18 Å². The van der Waals surface area contributed by atoms with Gasteiger partial charge in [0.2, 0.25) is 0 Å². The first-order valence-corrected chi connectivity index (χ1v) is 8.09. The van der Waals surface area contributed by atoms with E-state index in [0.717, 1.165) is 13.0 Å². The zero-order valence-corrected chi connectivity index (χ0v) is 13.7. The second-order valence-electron chi connectivity index (χ2n) is 4.22. The van der Waals surface area contributed by atoms with E-state index in [1.807, 2.05) is 0 Å². The van der Waals surface area contributed by atoms with E-state index in [9.17, 15) is 13.2 Å². The number of hydrogen-bond acceptors (Lipinski definition) is 3. The Morgan fingerprint density at radius 1 is 1.19 bits per heavy atom. The van der Waals surface area contributed by atoms with Gasteiger partial charge in [-0.2, -0.15) is 13.2 Å². The number of ether oxygens (including phenoxy) is 1. The van der Waals surface area contributed by atoms with Crippen molar-refractivity contribution in [3.05, 3.63) is 22.2 Å². The molecule has 0 saturated carbocycles. The van der Waals surface area contributed by atoms with Gasteiger partial charge in [0, 0.05) is 11.4 Å². The summed E-state index contributed by atoms with van der Waals surface area (Å²) in [5, 5.41) is 3.57. The average Bonchev–Trinajstić information content (AvgIpc) is 2.38. The quantitative estimate of drug-likeness (QED) is 0.518. The highest BCUT2D eigenvalue weighted by Gasteiger charge is 2.27. The van der Waals surface area contributed by atoms with E-state index >= 15 is 0 Å². The van der Waals surface area contributed by atoms with Crippen molar-refractivity contribution >= 4 is 35.0 Å². The molecule has 0 aliphatic heterocycles. The van der Waals surface area contributed by atoms with Gasteiger partial charge in [-0.3, -0.25) is 0 Å². The van der Waals surface area contributed by atoms with Crippen molar-refractivity contribution in [3.8, 4) is 5.75 Å². The molecule has 120 valence electrons. The highest BCUT2D eigenvalue weighted by Crippen LogP contribution is 2.38. The first-order valence-electron chi connectivity index (χ1n) is 6.35. The maximum atomic E-state index is 12.2. The van der Waals surface area contributed by atoms with Crippen LogP contribution in [0.25, 0.3) is 0 Å². The third-order valence-electron chi connectivity index (χ3n) is 2.33. The lowest BCUT2D eigenvalue weighted by atomic mass is 10.3. The monoisotopic (exact) mass is 361 g/mol. The van der Waals surface area contributed by atoms with Crippen LogP contribution >= 0.6 is 35.0 Å². The van der Waals surface area contributed by atoms with Crippen LogP contribution in [0.1, 0.15) is 13.3 Å². The second kappa shape index (κ2) is 8.98. The van der Waals surface area contributed by atoms with Crippen LogP contribution in [0.4, 0.5) is 13.2 Å². The summed E-state index contributed by atoms with van der Waals surface area (Å²) in [6.07, 6.45) is -3.21. The molecule has 1 rings (SSSR count). The summed E-state index contributed by atoms with van der Waals surface area (Å²) < 4.78 is 42.0. The molecule has 0 saturated heterocycles. The Morgan fingerprint density at radius 2 is 1.81 bits per heavy atom. The highest BCUT2D eigenvalue weighted by molar-refractivity contribution is 7.99. The fraction of sp³-hybridized carbons (Fsp3) is 0.538. The molecule has 21 heavy (non-hydrogen) atoms. The van der Waals surface area contributed by atoms with Crippen molar-refractivity contribution in [3.63, 3.8) is 0 Å². The molecule has 8 heteroatoms. The standard InChI is InChI=1S/C13H16Cl2F3NOS/c1-2-3-19-4-5-20-12-10(14)6-9(7-11(12)15)21-8-13(16,17)18/h6-7,19H,2-5,8H2,1H3. The van der Waals surface area contributed by atoms with Gasteiger partial charge in [-0.05, 0) is 25.1 Å². The Hall–Kier alpha value is -0.300. The molecule has 0 spiro atoms. The van der Waals surface area contributed by atoms with Gasteiger partial charge in [0.15, 0.2) is 5.75 Å². The summed E-state index contributed by atoms with van der Waals surface area (Å²) in [4.78, 5) is 0.360. The summed E-state index contributed by atoms with van der Waals surface area (Å²) in [5.41, 5.74) is 0. The van der Waals surface area contributed by atoms with Crippen LogP contribution in [-0.2, 0) is 0 Å². The van der Waals surface area contributed by atoms with E-state index in [-0.39, 0.29) is 10.0 Å². The predicted octanol–water partition coefficient (Wildman–Crippen LogP) is 5.03. The van der Waals surface area contributed by atoms with E-state index in [2.05, 4.69) is 12.2 Å². The molecule has 0 amide bonds. The maximum Gasteiger partial charge on any atom is 0.398 e. The molecule has 0 aliphatic rings. The first-order chi connectivity index (χ1) is 9.83. The Balaban J connectivity index is 2.58. The van der Waals surface area contributed by atoms with Gasteiger partial charge in [0.1, 0.15) is 6.61 Å². The van der Waals surface area contributed by atoms with Crippen LogP contribution in [0.15, 0.2) is 17.0 Å². The van der Waals surface area contributed by atoms with Crippen molar-refractivity contribution in [2.45, 2.75) is 24.4 Å². The Kier molecular flexibility index (Phi) is 8.02. The smallest absolute Gasteiger partial charge is 0.398 e. The molecule has 0 atom stereocenters. The normalized spacial score (nSPS) is 11.7. The van der Waals surface area contributed by atoms with E-state index in [0.29, 0.717) is 35.6 Å². The Bertz CT molecular complexity index is 435. The van der Waals surface area contributed by atoms with Gasteiger partial charge in [-0.15, -0.1) is 11.8 Å². The van der Waals surface area contributed by atoms with Crippen molar-refractivity contribution in [2.24, 2.45) is 0 Å². The topological polar surface area (TPSA) is 21.3 Å². The Labute approximate surface area is 136 Å². The molecule has 2 nitrogen and oxygen atoms in total. The largest absolute Gasteiger partial charge is 0.489 e. The zero-order valence-electron chi connectivity index (χ0n) is 11.4.